The van der Waals surface area contributed by atoms with Crippen LogP contribution >= 0.6 is 0 Å². The summed E-state index contributed by atoms with van der Waals surface area (Å²) in [4.78, 5) is 11.7. The minimum absolute atomic E-state index is 0.0902. The third-order valence-electron chi connectivity index (χ3n) is 5.81. The first kappa shape index (κ1) is 25.2. The Morgan fingerprint density at radius 3 is 1.61 bits per heavy atom. The standard InChI is InChI=1S/C17H32N2O.CHF3O3S/c18-17(20)15-19(13-9-5-2-6-10-14-19)16-11-7-3-1-4-8-12-16;2-1(3,4)8(5,6)7/h16H,1-15H2,(H-,18,20);(H,5,6,7). The smallest absolute Gasteiger partial charge is 0.485 e. The van der Waals surface area contributed by atoms with Gasteiger partial charge in [0.1, 0.15) is 0 Å². The Morgan fingerprint density at radius 2 is 1.25 bits per heavy atom. The van der Waals surface area contributed by atoms with Crippen LogP contribution in [0.4, 0.5) is 13.2 Å². The van der Waals surface area contributed by atoms with Crippen molar-refractivity contribution in [3.8, 4) is 0 Å². The second-order valence-electron chi connectivity index (χ2n) is 7.96. The zero-order valence-corrected chi connectivity index (χ0v) is 17.2. The maximum Gasteiger partial charge on any atom is 0.485 e. The number of nitrogens with zero attached hydrogens (tertiary/aromatic N) is 1. The van der Waals surface area contributed by atoms with Gasteiger partial charge in [0.25, 0.3) is 5.91 Å². The third kappa shape index (κ3) is 8.65. The summed E-state index contributed by atoms with van der Waals surface area (Å²) in [5, 5.41) is 0. The van der Waals surface area contributed by atoms with E-state index in [0.717, 1.165) is 4.48 Å². The van der Waals surface area contributed by atoms with Crippen LogP contribution in [0.15, 0.2) is 0 Å². The SMILES string of the molecule is NC(=O)C[N+]1(C2CCCCCCC2)CCCCCCC1.O=S(=O)([O-])C(F)(F)F. The molecule has 1 aliphatic carbocycles. The zero-order chi connectivity index (χ0) is 21.3. The van der Waals surface area contributed by atoms with Gasteiger partial charge < -0.3 is 14.8 Å². The average Bonchev–Trinajstić information content (AvgIpc) is 2.48. The van der Waals surface area contributed by atoms with Crippen molar-refractivity contribution >= 4 is 16.0 Å². The highest BCUT2D eigenvalue weighted by Crippen LogP contribution is 2.30. The van der Waals surface area contributed by atoms with Crippen molar-refractivity contribution < 1.29 is 35.4 Å². The predicted octanol–water partition coefficient (Wildman–Crippen LogP) is 3.42. The van der Waals surface area contributed by atoms with Crippen LogP contribution in [0.2, 0.25) is 0 Å². The first-order valence-corrected chi connectivity index (χ1v) is 11.5. The van der Waals surface area contributed by atoms with Crippen molar-refractivity contribution in [2.24, 2.45) is 5.73 Å². The zero-order valence-electron chi connectivity index (χ0n) is 16.4. The number of halogens is 3. The van der Waals surface area contributed by atoms with Gasteiger partial charge in [-0.1, -0.05) is 25.7 Å². The summed E-state index contributed by atoms with van der Waals surface area (Å²) in [5.41, 5.74) is -0.0252. The van der Waals surface area contributed by atoms with E-state index in [4.69, 9.17) is 18.7 Å². The van der Waals surface area contributed by atoms with Crippen molar-refractivity contribution in [1.29, 1.82) is 0 Å². The van der Waals surface area contributed by atoms with E-state index in [1.807, 2.05) is 0 Å². The summed E-state index contributed by atoms with van der Waals surface area (Å²) >= 11 is 0. The number of likely N-dealkylation sites (tertiary alicyclic amines) is 1. The summed E-state index contributed by atoms with van der Waals surface area (Å²) < 4.78 is 59.9. The van der Waals surface area contributed by atoms with Crippen molar-refractivity contribution in [2.45, 2.75) is 88.6 Å². The van der Waals surface area contributed by atoms with Crippen LogP contribution in [-0.2, 0) is 14.9 Å². The van der Waals surface area contributed by atoms with Gasteiger partial charge in [0, 0.05) is 0 Å². The van der Waals surface area contributed by atoms with Gasteiger partial charge in [-0.25, -0.2) is 8.42 Å². The van der Waals surface area contributed by atoms with Gasteiger partial charge in [0.15, 0.2) is 16.7 Å². The Morgan fingerprint density at radius 1 is 0.893 bits per heavy atom. The predicted molar refractivity (Wildman–Crippen MR) is 99.0 cm³/mol. The maximum atomic E-state index is 11.7. The van der Waals surface area contributed by atoms with E-state index in [0.29, 0.717) is 12.6 Å². The molecule has 1 amide bonds. The molecule has 10 heteroatoms. The lowest BCUT2D eigenvalue weighted by Crippen LogP contribution is -2.60. The number of carbonyl (C=O) groups is 1. The van der Waals surface area contributed by atoms with Gasteiger partial charge >= 0.3 is 5.51 Å². The highest BCUT2D eigenvalue weighted by Gasteiger charge is 2.38. The molecule has 1 heterocycles. The Kier molecular flexibility index (Phi) is 10.2. The Hall–Kier alpha value is -0.870. The molecule has 0 aromatic carbocycles. The molecule has 0 bridgehead atoms. The minimum Gasteiger partial charge on any atom is -0.741 e. The Balaban J connectivity index is 0.000000416. The molecule has 0 aromatic heterocycles. The number of amides is 1. The van der Waals surface area contributed by atoms with Crippen molar-refractivity contribution in [3.63, 3.8) is 0 Å². The molecule has 0 unspecified atom stereocenters. The molecular formula is C18H33F3N2O4S. The van der Waals surface area contributed by atoms with E-state index >= 15 is 0 Å². The molecule has 2 aliphatic rings. The lowest BCUT2D eigenvalue weighted by atomic mass is 9.92. The number of carbonyl (C=O) groups excluding carboxylic acids is 1. The first-order valence-electron chi connectivity index (χ1n) is 10.1. The molecule has 2 rings (SSSR count). The highest BCUT2D eigenvalue weighted by atomic mass is 32.2. The molecule has 1 aliphatic heterocycles. The molecule has 0 radical (unpaired) electrons. The highest BCUT2D eigenvalue weighted by molar-refractivity contribution is 7.86. The molecule has 1 saturated heterocycles. The minimum atomic E-state index is -6.09. The fourth-order valence-electron chi connectivity index (χ4n) is 4.44. The van der Waals surface area contributed by atoms with E-state index in [1.165, 1.54) is 90.1 Å². The molecule has 0 aromatic rings. The van der Waals surface area contributed by atoms with Gasteiger partial charge in [0.2, 0.25) is 0 Å². The largest absolute Gasteiger partial charge is 0.741 e. The van der Waals surface area contributed by atoms with Crippen LogP contribution in [0.1, 0.15) is 77.0 Å². The molecule has 2 N–H and O–H groups in total. The van der Waals surface area contributed by atoms with Gasteiger partial charge in [-0.15, -0.1) is 0 Å². The molecule has 6 nitrogen and oxygen atoms in total. The van der Waals surface area contributed by atoms with Crippen LogP contribution in [0.3, 0.4) is 0 Å². The number of alkyl halides is 3. The molecular weight excluding hydrogens is 397 g/mol. The van der Waals surface area contributed by atoms with Gasteiger partial charge in [-0.05, 0) is 51.4 Å². The van der Waals surface area contributed by atoms with Crippen LogP contribution in [-0.4, -0.2) is 54.5 Å². The van der Waals surface area contributed by atoms with Crippen LogP contribution in [0.25, 0.3) is 0 Å². The normalized spacial score (nSPS) is 22.6. The van der Waals surface area contributed by atoms with Crippen LogP contribution in [0.5, 0.6) is 0 Å². The second-order valence-corrected chi connectivity index (χ2v) is 9.33. The number of rotatable bonds is 3. The first-order chi connectivity index (χ1) is 13.0. The van der Waals surface area contributed by atoms with E-state index < -0.39 is 15.6 Å². The van der Waals surface area contributed by atoms with Crippen molar-refractivity contribution in [3.05, 3.63) is 0 Å². The van der Waals surface area contributed by atoms with E-state index in [1.54, 1.807) is 0 Å². The molecule has 2 fully saturated rings. The fourth-order valence-corrected chi connectivity index (χ4v) is 4.44. The average molecular weight is 431 g/mol. The fraction of sp³-hybridized carbons (Fsp3) is 0.944. The number of primary amides is 1. The third-order valence-corrected chi connectivity index (χ3v) is 6.38. The molecule has 166 valence electrons. The number of hydrogen-bond acceptors (Lipinski definition) is 4. The van der Waals surface area contributed by atoms with Crippen molar-refractivity contribution in [1.82, 2.24) is 0 Å². The van der Waals surface area contributed by atoms with E-state index in [2.05, 4.69) is 0 Å². The number of hydrogen-bond donors (Lipinski definition) is 1. The number of nitrogens with two attached hydrogens (primary N) is 1. The quantitative estimate of drug-likeness (QED) is 0.421. The number of quaternary nitrogens is 1. The summed E-state index contributed by atoms with van der Waals surface area (Å²) in [5.74, 6) is -0.0902. The van der Waals surface area contributed by atoms with Crippen molar-refractivity contribution in [2.75, 3.05) is 19.6 Å². The summed E-state index contributed by atoms with van der Waals surface area (Å²) in [6, 6.07) is 0.695. The summed E-state index contributed by atoms with van der Waals surface area (Å²) in [6.07, 6.45) is 16.1. The van der Waals surface area contributed by atoms with E-state index in [-0.39, 0.29) is 5.91 Å². The van der Waals surface area contributed by atoms with Gasteiger partial charge in [-0.2, -0.15) is 13.2 Å². The summed E-state index contributed by atoms with van der Waals surface area (Å²) in [7, 11) is -6.09. The summed E-state index contributed by atoms with van der Waals surface area (Å²) in [6.45, 7) is 2.96. The van der Waals surface area contributed by atoms with E-state index in [9.17, 15) is 18.0 Å². The lowest BCUT2D eigenvalue weighted by molar-refractivity contribution is -0.945. The molecule has 28 heavy (non-hydrogen) atoms. The maximum absolute atomic E-state index is 11.7. The molecule has 1 saturated carbocycles. The lowest BCUT2D eigenvalue weighted by Gasteiger charge is -2.46. The second kappa shape index (κ2) is 11.3. The molecule has 0 spiro atoms. The van der Waals surface area contributed by atoms with Crippen LogP contribution in [0, 0.1) is 0 Å². The Labute approximate surface area is 166 Å². The monoisotopic (exact) mass is 430 g/mol. The topological polar surface area (TPSA) is 100 Å². The Bertz CT molecular complexity index is 566. The van der Waals surface area contributed by atoms with Gasteiger partial charge in [0.05, 0.1) is 19.1 Å². The van der Waals surface area contributed by atoms with Crippen LogP contribution < -0.4 is 5.73 Å². The van der Waals surface area contributed by atoms with Gasteiger partial charge in [-0.3, -0.25) is 4.79 Å². The molecule has 0 atom stereocenters.